The zero-order valence-electron chi connectivity index (χ0n) is 10.4. The molecule has 0 fully saturated rings. The van der Waals surface area contributed by atoms with Crippen LogP contribution in [0.15, 0.2) is 67.2 Å². The molecule has 0 aliphatic carbocycles. The summed E-state index contributed by atoms with van der Waals surface area (Å²) < 4.78 is 10.0. The first-order chi connectivity index (χ1) is 9.25. The topological polar surface area (TPSA) is 35.5 Å². The van der Waals surface area contributed by atoms with Crippen LogP contribution in [0.3, 0.4) is 0 Å². The molecular weight excluding hydrogens is 240 g/mol. The number of benzene rings is 2. The van der Waals surface area contributed by atoms with Gasteiger partial charge in [0.25, 0.3) is 0 Å². The van der Waals surface area contributed by atoms with E-state index in [2.05, 4.69) is 6.58 Å². The molecule has 0 saturated heterocycles. The lowest BCUT2D eigenvalue weighted by molar-refractivity contribution is 0.0844. The van der Waals surface area contributed by atoms with E-state index in [9.17, 15) is 4.79 Å². The van der Waals surface area contributed by atoms with Gasteiger partial charge in [0.2, 0.25) is 0 Å². The van der Waals surface area contributed by atoms with Gasteiger partial charge in [-0.2, -0.15) is 0 Å². The summed E-state index contributed by atoms with van der Waals surface area (Å²) in [4.78, 5) is 11.5. The first-order valence-electron chi connectivity index (χ1n) is 5.88. The van der Waals surface area contributed by atoms with Crippen LogP contribution in [0.4, 0.5) is 4.79 Å². The maximum absolute atomic E-state index is 11.5. The van der Waals surface area contributed by atoms with Gasteiger partial charge in [-0.3, -0.25) is 0 Å². The first-order valence-corrected chi connectivity index (χ1v) is 5.88. The van der Waals surface area contributed by atoms with E-state index >= 15 is 0 Å². The molecule has 19 heavy (non-hydrogen) atoms. The van der Waals surface area contributed by atoms with Crippen LogP contribution in [-0.4, -0.2) is 6.16 Å². The molecule has 0 aliphatic rings. The molecule has 0 radical (unpaired) electrons. The van der Waals surface area contributed by atoms with Gasteiger partial charge in [0.15, 0.2) is 0 Å². The van der Waals surface area contributed by atoms with Crippen molar-refractivity contribution < 1.29 is 14.3 Å². The van der Waals surface area contributed by atoms with Crippen molar-refractivity contribution in [2.75, 3.05) is 0 Å². The summed E-state index contributed by atoms with van der Waals surface area (Å²) in [5.74, 6) is 0.277. The van der Waals surface area contributed by atoms with Gasteiger partial charge in [-0.1, -0.05) is 67.2 Å². The molecule has 0 aromatic heterocycles. The van der Waals surface area contributed by atoms with Crippen molar-refractivity contribution >= 4 is 11.9 Å². The van der Waals surface area contributed by atoms with E-state index in [1.54, 1.807) is 0 Å². The third kappa shape index (κ3) is 4.00. The monoisotopic (exact) mass is 254 g/mol. The second kappa shape index (κ2) is 6.40. The average Bonchev–Trinajstić information content (AvgIpc) is 2.47. The SMILES string of the molecule is C=C(OC(=O)OCc1ccccc1)c1ccccc1. The van der Waals surface area contributed by atoms with Crippen LogP contribution in [0.1, 0.15) is 11.1 Å². The minimum absolute atomic E-state index is 0.182. The fourth-order valence-corrected chi connectivity index (χ4v) is 1.53. The van der Waals surface area contributed by atoms with Crippen LogP contribution in [0, 0.1) is 0 Å². The summed E-state index contributed by atoms with van der Waals surface area (Å²) in [5.41, 5.74) is 1.66. The summed E-state index contributed by atoms with van der Waals surface area (Å²) in [6.07, 6.45) is -0.752. The van der Waals surface area contributed by atoms with Crippen molar-refractivity contribution in [1.82, 2.24) is 0 Å². The van der Waals surface area contributed by atoms with Gasteiger partial charge in [-0.15, -0.1) is 0 Å². The smallest absolute Gasteiger partial charge is 0.429 e. The van der Waals surface area contributed by atoms with Crippen molar-refractivity contribution in [2.45, 2.75) is 6.61 Å². The molecule has 0 atom stereocenters. The lowest BCUT2D eigenvalue weighted by Gasteiger charge is -2.08. The van der Waals surface area contributed by atoms with Gasteiger partial charge in [-0.05, 0) is 5.56 Å². The van der Waals surface area contributed by atoms with Crippen molar-refractivity contribution in [2.24, 2.45) is 0 Å². The third-order valence-electron chi connectivity index (χ3n) is 2.50. The van der Waals surface area contributed by atoms with Gasteiger partial charge >= 0.3 is 6.16 Å². The molecule has 2 aromatic carbocycles. The van der Waals surface area contributed by atoms with Crippen LogP contribution >= 0.6 is 0 Å². The predicted octanol–water partition coefficient (Wildman–Crippen LogP) is 4.01. The number of ether oxygens (including phenoxy) is 2. The Morgan fingerprint density at radius 1 is 0.947 bits per heavy atom. The molecule has 2 aromatic rings. The summed E-state index contributed by atoms with van der Waals surface area (Å²) in [7, 11) is 0. The van der Waals surface area contributed by atoms with E-state index < -0.39 is 6.16 Å². The van der Waals surface area contributed by atoms with E-state index in [1.807, 2.05) is 60.7 Å². The Balaban J connectivity index is 1.83. The second-order valence-electron chi connectivity index (χ2n) is 3.92. The highest BCUT2D eigenvalue weighted by Gasteiger charge is 2.08. The summed E-state index contributed by atoms with van der Waals surface area (Å²) in [6, 6.07) is 18.6. The number of hydrogen-bond acceptors (Lipinski definition) is 3. The molecule has 0 bridgehead atoms. The van der Waals surface area contributed by atoms with Crippen LogP contribution < -0.4 is 0 Å². The standard InChI is InChI=1S/C16H14O3/c1-13(15-10-6-3-7-11-15)19-16(17)18-12-14-8-4-2-5-9-14/h2-11H,1,12H2. The molecule has 0 N–H and O–H groups in total. The summed E-state index contributed by atoms with van der Waals surface area (Å²) >= 11 is 0. The highest BCUT2D eigenvalue weighted by molar-refractivity contribution is 5.71. The molecule has 0 unspecified atom stereocenters. The summed E-state index contributed by atoms with van der Waals surface area (Å²) in [5, 5.41) is 0. The number of hydrogen-bond donors (Lipinski definition) is 0. The highest BCUT2D eigenvalue weighted by atomic mass is 16.7. The van der Waals surface area contributed by atoms with Crippen molar-refractivity contribution in [3.63, 3.8) is 0 Å². The molecule has 0 heterocycles. The number of rotatable bonds is 4. The molecular formula is C16H14O3. The minimum atomic E-state index is -0.752. The van der Waals surface area contributed by atoms with Gasteiger partial charge in [-0.25, -0.2) is 4.79 Å². The molecule has 96 valence electrons. The first kappa shape index (κ1) is 12.9. The van der Waals surface area contributed by atoms with Crippen molar-refractivity contribution in [3.05, 3.63) is 78.4 Å². The zero-order valence-corrected chi connectivity index (χ0v) is 10.4. The molecule has 2 rings (SSSR count). The predicted molar refractivity (Wildman–Crippen MR) is 73.2 cm³/mol. The lowest BCUT2D eigenvalue weighted by atomic mass is 10.2. The summed E-state index contributed by atoms with van der Waals surface area (Å²) in [6.45, 7) is 3.88. The van der Waals surface area contributed by atoms with Crippen LogP contribution in [-0.2, 0) is 16.1 Å². The largest absolute Gasteiger partial charge is 0.514 e. The lowest BCUT2D eigenvalue weighted by Crippen LogP contribution is -2.06. The van der Waals surface area contributed by atoms with Crippen molar-refractivity contribution in [3.8, 4) is 0 Å². The molecule has 3 heteroatoms. The van der Waals surface area contributed by atoms with Gasteiger partial charge < -0.3 is 9.47 Å². The maximum atomic E-state index is 11.5. The maximum Gasteiger partial charge on any atom is 0.514 e. The van der Waals surface area contributed by atoms with Gasteiger partial charge in [0, 0.05) is 5.56 Å². The highest BCUT2D eigenvalue weighted by Crippen LogP contribution is 2.14. The molecule has 0 saturated carbocycles. The fourth-order valence-electron chi connectivity index (χ4n) is 1.53. The Labute approximate surface area is 112 Å². The van der Waals surface area contributed by atoms with E-state index in [4.69, 9.17) is 9.47 Å². The third-order valence-corrected chi connectivity index (χ3v) is 2.50. The Morgan fingerprint density at radius 3 is 2.16 bits per heavy atom. The molecule has 0 spiro atoms. The minimum Gasteiger partial charge on any atom is -0.429 e. The van der Waals surface area contributed by atoms with Crippen LogP contribution in [0.2, 0.25) is 0 Å². The Morgan fingerprint density at radius 2 is 1.53 bits per heavy atom. The molecule has 0 amide bonds. The Hall–Kier alpha value is -2.55. The Kier molecular flexibility index (Phi) is 4.34. The van der Waals surface area contributed by atoms with E-state index in [1.165, 1.54) is 0 Å². The van der Waals surface area contributed by atoms with E-state index in [0.717, 1.165) is 11.1 Å². The van der Waals surface area contributed by atoms with Crippen LogP contribution in [0.5, 0.6) is 0 Å². The van der Waals surface area contributed by atoms with Crippen molar-refractivity contribution in [1.29, 1.82) is 0 Å². The van der Waals surface area contributed by atoms with Crippen LogP contribution in [0.25, 0.3) is 5.76 Å². The second-order valence-corrected chi connectivity index (χ2v) is 3.92. The average molecular weight is 254 g/mol. The normalized spacial score (nSPS) is 9.68. The van der Waals surface area contributed by atoms with Gasteiger partial charge in [0.05, 0.1) is 0 Å². The zero-order chi connectivity index (χ0) is 13.5. The van der Waals surface area contributed by atoms with Gasteiger partial charge in [0.1, 0.15) is 12.4 Å². The Bertz CT molecular complexity index is 547. The van der Waals surface area contributed by atoms with E-state index in [0.29, 0.717) is 0 Å². The number of carbonyl (C=O) groups is 1. The fraction of sp³-hybridized carbons (Fsp3) is 0.0625. The molecule has 3 nitrogen and oxygen atoms in total. The quantitative estimate of drug-likeness (QED) is 0.611. The molecule has 0 aliphatic heterocycles. The van der Waals surface area contributed by atoms with E-state index in [-0.39, 0.29) is 12.4 Å². The number of carbonyl (C=O) groups excluding carboxylic acids is 1.